The van der Waals surface area contributed by atoms with Gasteiger partial charge in [0.25, 0.3) is 5.91 Å². The molecule has 0 saturated carbocycles. The van der Waals surface area contributed by atoms with Crippen molar-refractivity contribution in [2.75, 3.05) is 18.4 Å². The van der Waals surface area contributed by atoms with E-state index in [0.29, 0.717) is 29.7 Å². The van der Waals surface area contributed by atoms with Crippen LogP contribution in [0.3, 0.4) is 0 Å². The van der Waals surface area contributed by atoms with Crippen LogP contribution < -0.4 is 5.32 Å². The Morgan fingerprint density at radius 2 is 2.04 bits per heavy atom. The number of carbonyl (C=O) groups excluding carboxylic acids is 1. The average Bonchev–Trinajstić information content (AvgIpc) is 3.01. The fourth-order valence-corrected chi connectivity index (χ4v) is 5.17. The lowest BCUT2D eigenvalue weighted by Gasteiger charge is -2.29. The lowest BCUT2D eigenvalue weighted by molar-refractivity contribution is 0.101. The van der Waals surface area contributed by atoms with Gasteiger partial charge in [-0.25, -0.2) is 8.42 Å². The molecule has 1 aliphatic heterocycles. The summed E-state index contributed by atoms with van der Waals surface area (Å²) in [5.74, 6) is -0.0397. The minimum absolute atomic E-state index is 0.145. The van der Waals surface area contributed by atoms with Crippen LogP contribution in [-0.4, -0.2) is 36.3 Å². The number of benzene rings is 1. The van der Waals surface area contributed by atoms with Gasteiger partial charge >= 0.3 is 0 Å². The maximum Gasteiger partial charge on any atom is 0.272 e. The molecule has 8 heteroatoms. The first-order valence-corrected chi connectivity index (χ1v) is 10.7. The summed E-state index contributed by atoms with van der Waals surface area (Å²) in [5, 5.41) is 3.33. The predicted octanol–water partition coefficient (Wildman–Crippen LogP) is 3.66. The summed E-state index contributed by atoms with van der Waals surface area (Å²) in [4.78, 5) is 12.8. The van der Waals surface area contributed by atoms with Crippen LogP contribution >= 0.6 is 11.6 Å². The van der Waals surface area contributed by atoms with Gasteiger partial charge in [-0.2, -0.15) is 4.31 Å². The first-order valence-electron chi connectivity index (χ1n) is 8.92. The van der Waals surface area contributed by atoms with E-state index < -0.39 is 10.0 Å². The molecule has 1 N–H and O–H groups in total. The molecule has 1 aromatic heterocycles. The van der Waals surface area contributed by atoms with Gasteiger partial charge in [0.2, 0.25) is 10.0 Å². The summed E-state index contributed by atoms with van der Waals surface area (Å²) in [7, 11) is -1.94. The van der Waals surface area contributed by atoms with E-state index in [1.54, 1.807) is 19.2 Å². The number of aromatic nitrogens is 1. The molecule has 0 bridgehead atoms. The number of nitrogens with one attached hydrogen (secondary N) is 1. The Balaban J connectivity index is 1.85. The lowest BCUT2D eigenvalue weighted by atomic mass is 10.0. The standard InChI is InChI=1S/C19H24ClN3O3S/c1-13-5-4-8-23(11-13)27(25,26)16-10-18(22(3)12-16)19(24)21-17-9-15(20)7-6-14(17)2/h6-7,9-10,12-13H,4-5,8,11H2,1-3H3,(H,21,24). The molecule has 1 fully saturated rings. The number of nitrogens with zero attached hydrogens (tertiary/aromatic N) is 2. The highest BCUT2D eigenvalue weighted by Crippen LogP contribution is 2.26. The van der Waals surface area contributed by atoms with E-state index in [0.717, 1.165) is 18.4 Å². The molecule has 2 heterocycles. The zero-order chi connectivity index (χ0) is 19.8. The molecule has 0 radical (unpaired) electrons. The number of piperidine rings is 1. The van der Waals surface area contributed by atoms with Gasteiger partial charge in [-0.1, -0.05) is 24.6 Å². The van der Waals surface area contributed by atoms with Gasteiger partial charge in [-0.15, -0.1) is 0 Å². The van der Waals surface area contributed by atoms with Crippen molar-refractivity contribution in [3.05, 3.63) is 46.7 Å². The summed E-state index contributed by atoms with van der Waals surface area (Å²) in [6.45, 7) is 4.95. The van der Waals surface area contributed by atoms with Gasteiger partial charge < -0.3 is 9.88 Å². The number of halogens is 1. The Hall–Kier alpha value is -1.83. The fourth-order valence-electron chi connectivity index (χ4n) is 3.33. The van der Waals surface area contributed by atoms with Crippen LogP contribution in [0.2, 0.25) is 5.02 Å². The van der Waals surface area contributed by atoms with E-state index in [2.05, 4.69) is 12.2 Å². The monoisotopic (exact) mass is 409 g/mol. The highest BCUT2D eigenvalue weighted by atomic mass is 35.5. The lowest BCUT2D eigenvalue weighted by Crippen LogP contribution is -2.38. The first-order chi connectivity index (χ1) is 12.7. The number of rotatable bonds is 4. The Labute approximate surface area is 165 Å². The van der Waals surface area contributed by atoms with Gasteiger partial charge in [-0.3, -0.25) is 4.79 Å². The largest absolute Gasteiger partial charge is 0.345 e. The smallest absolute Gasteiger partial charge is 0.272 e. The molecule has 1 atom stereocenters. The van der Waals surface area contributed by atoms with E-state index in [4.69, 9.17) is 11.6 Å². The van der Waals surface area contributed by atoms with Crippen molar-refractivity contribution in [3.8, 4) is 0 Å². The summed E-state index contributed by atoms with van der Waals surface area (Å²) < 4.78 is 28.9. The van der Waals surface area contributed by atoms with Crippen molar-refractivity contribution in [1.29, 1.82) is 0 Å². The molecule has 1 aromatic carbocycles. The SMILES string of the molecule is Cc1ccc(Cl)cc1NC(=O)c1cc(S(=O)(=O)N2CCCC(C)C2)cn1C. The molecule has 1 saturated heterocycles. The third-order valence-electron chi connectivity index (χ3n) is 4.92. The van der Waals surface area contributed by atoms with Gasteiger partial charge in [0.05, 0.1) is 0 Å². The highest BCUT2D eigenvalue weighted by Gasteiger charge is 2.30. The van der Waals surface area contributed by atoms with Crippen LogP contribution in [0.4, 0.5) is 5.69 Å². The van der Waals surface area contributed by atoms with E-state index in [9.17, 15) is 13.2 Å². The zero-order valence-corrected chi connectivity index (χ0v) is 17.3. The van der Waals surface area contributed by atoms with Crippen molar-refractivity contribution in [2.45, 2.75) is 31.6 Å². The number of carbonyl (C=O) groups is 1. The quantitative estimate of drug-likeness (QED) is 0.837. The third kappa shape index (κ3) is 4.20. The molecule has 3 rings (SSSR count). The van der Waals surface area contributed by atoms with Crippen LogP contribution in [0.25, 0.3) is 0 Å². The van der Waals surface area contributed by atoms with Gasteiger partial charge in [0.15, 0.2) is 0 Å². The van der Waals surface area contributed by atoms with E-state index in [1.165, 1.54) is 21.1 Å². The molecule has 1 unspecified atom stereocenters. The molecule has 0 aliphatic carbocycles. The van der Waals surface area contributed by atoms with Crippen molar-refractivity contribution < 1.29 is 13.2 Å². The summed E-state index contributed by atoms with van der Waals surface area (Å²) in [6.07, 6.45) is 3.39. The van der Waals surface area contributed by atoms with Crippen LogP contribution in [0, 0.1) is 12.8 Å². The molecule has 6 nitrogen and oxygen atoms in total. The van der Waals surface area contributed by atoms with Gasteiger partial charge in [0.1, 0.15) is 10.6 Å². The zero-order valence-electron chi connectivity index (χ0n) is 15.7. The van der Waals surface area contributed by atoms with Crippen LogP contribution in [0.5, 0.6) is 0 Å². The van der Waals surface area contributed by atoms with Crippen molar-refractivity contribution in [2.24, 2.45) is 13.0 Å². The molecule has 1 amide bonds. The second kappa shape index (κ2) is 7.66. The molecular formula is C19H24ClN3O3S. The molecule has 2 aromatic rings. The molecule has 146 valence electrons. The maximum atomic E-state index is 12.9. The Morgan fingerprint density at radius 1 is 1.30 bits per heavy atom. The van der Waals surface area contributed by atoms with Crippen molar-refractivity contribution >= 4 is 33.2 Å². The Bertz CT molecular complexity index is 969. The second-order valence-corrected chi connectivity index (χ2v) is 9.57. The highest BCUT2D eigenvalue weighted by molar-refractivity contribution is 7.89. The molecular weight excluding hydrogens is 386 g/mol. The number of amides is 1. The fraction of sp³-hybridized carbons (Fsp3) is 0.421. The van der Waals surface area contributed by atoms with Gasteiger partial charge in [0, 0.05) is 37.0 Å². The normalized spacial score (nSPS) is 18.4. The van der Waals surface area contributed by atoms with Gasteiger partial charge in [-0.05, 0) is 49.4 Å². The first kappa shape index (κ1) is 19.9. The second-order valence-electron chi connectivity index (χ2n) is 7.20. The van der Waals surface area contributed by atoms with E-state index in [-0.39, 0.29) is 16.5 Å². The Kier molecular flexibility index (Phi) is 5.65. The number of hydrogen-bond donors (Lipinski definition) is 1. The summed E-state index contributed by atoms with van der Waals surface area (Å²) in [5.41, 5.74) is 1.75. The van der Waals surface area contributed by atoms with Crippen LogP contribution in [0.15, 0.2) is 35.4 Å². The van der Waals surface area contributed by atoms with E-state index in [1.807, 2.05) is 13.0 Å². The molecule has 1 aliphatic rings. The van der Waals surface area contributed by atoms with Crippen molar-refractivity contribution in [3.63, 3.8) is 0 Å². The molecule has 0 spiro atoms. The van der Waals surface area contributed by atoms with Crippen molar-refractivity contribution in [1.82, 2.24) is 8.87 Å². The average molecular weight is 410 g/mol. The minimum atomic E-state index is -3.61. The number of aryl methyl sites for hydroxylation is 2. The summed E-state index contributed by atoms with van der Waals surface area (Å²) >= 11 is 6.00. The van der Waals surface area contributed by atoms with Crippen LogP contribution in [-0.2, 0) is 17.1 Å². The third-order valence-corrected chi connectivity index (χ3v) is 6.98. The topological polar surface area (TPSA) is 71.4 Å². The minimum Gasteiger partial charge on any atom is -0.345 e. The summed E-state index contributed by atoms with van der Waals surface area (Å²) in [6, 6.07) is 6.67. The number of anilines is 1. The maximum absolute atomic E-state index is 12.9. The number of hydrogen-bond acceptors (Lipinski definition) is 3. The van der Waals surface area contributed by atoms with Crippen LogP contribution in [0.1, 0.15) is 35.8 Å². The predicted molar refractivity (Wildman–Crippen MR) is 107 cm³/mol. The molecule has 27 heavy (non-hydrogen) atoms. The van der Waals surface area contributed by atoms with E-state index >= 15 is 0 Å². The Morgan fingerprint density at radius 3 is 2.74 bits per heavy atom. The number of sulfonamides is 1.